The molecule has 0 fully saturated rings. The molecule has 0 aliphatic carbocycles. The van der Waals surface area contributed by atoms with Crippen LogP contribution in [0.4, 0.5) is 0 Å². The predicted octanol–water partition coefficient (Wildman–Crippen LogP) is -0.0506. The number of aromatic amines is 2. The summed E-state index contributed by atoms with van der Waals surface area (Å²) in [6, 6.07) is 0. The van der Waals surface area contributed by atoms with Crippen molar-refractivity contribution in [2.24, 2.45) is 0 Å². The summed E-state index contributed by atoms with van der Waals surface area (Å²) in [5, 5.41) is 13.7. The zero-order chi connectivity index (χ0) is 9.42. The van der Waals surface area contributed by atoms with Crippen molar-refractivity contribution in [3.8, 4) is 0 Å². The fraction of sp³-hybridized carbons (Fsp3) is 0. The number of hydrogen-bond acceptors (Lipinski definition) is 3. The molecule has 0 saturated heterocycles. The number of hydrogen-bond donors (Lipinski definition) is 3. The van der Waals surface area contributed by atoms with E-state index in [0.29, 0.717) is 5.52 Å². The van der Waals surface area contributed by atoms with Gasteiger partial charge in [-0.1, -0.05) is 0 Å². The molecule has 66 valence electrons. The van der Waals surface area contributed by atoms with Crippen LogP contribution in [0, 0.1) is 0 Å². The average Bonchev–Trinajstić information content (AvgIpc) is 2.48. The third-order valence-electron chi connectivity index (χ3n) is 1.71. The van der Waals surface area contributed by atoms with Crippen molar-refractivity contribution >= 4 is 16.9 Å². The van der Waals surface area contributed by atoms with E-state index >= 15 is 0 Å². The van der Waals surface area contributed by atoms with E-state index in [4.69, 9.17) is 5.11 Å². The van der Waals surface area contributed by atoms with Gasteiger partial charge in [0.15, 0.2) is 0 Å². The molecule has 13 heavy (non-hydrogen) atoms. The Morgan fingerprint density at radius 3 is 2.85 bits per heavy atom. The van der Waals surface area contributed by atoms with Gasteiger partial charge in [-0.25, -0.2) is 4.79 Å². The number of nitrogens with one attached hydrogen (secondary N) is 2. The largest absolute Gasteiger partial charge is 0.478 e. The second kappa shape index (κ2) is 2.44. The first kappa shape index (κ1) is 7.53. The van der Waals surface area contributed by atoms with Gasteiger partial charge in [-0.3, -0.25) is 20.0 Å². The fourth-order valence-electron chi connectivity index (χ4n) is 1.15. The summed E-state index contributed by atoms with van der Waals surface area (Å²) in [4.78, 5) is 25.5. The van der Waals surface area contributed by atoms with Crippen molar-refractivity contribution in [1.82, 2.24) is 15.2 Å². The van der Waals surface area contributed by atoms with Gasteiger partial charge in [0.05, 0.1) is 22.7 Å². The number of rotatable bonds is 1. The second-order valence-electron chi connectivity index (χ2n) is 2.49. The highest BCUT2D eigenvalue weighted by Crippen LogP contribution is 2.09. The van der Waals surface area contributed by atoms with Crippen molar-refractivity contribution in [2.45, 2.75) is 0 Å². The molecule has 0 aliphatic heterocycles. The minimum Gasteiger partial charge on any atom is -0.478 e. The van der Waals surface area contributed by atoms with Crippen LogP contribution in [-0.2, 0) is 0 Å². The standard InChI is InChI=1S/C7H5N3O3/c11-6-5-3(7(12)13)1-8-2-4(5)9-10-6/h1-2H,(H,12,13)(H2,9,10,11). The van der Waals surface area contributed by atoms with Crippen LogP contribution in [0.25, 0.3) is 10.9 Å². The Kier molecular flexibility index (Phi) is 1.42. The van der Waals surface area contributed by atoms with Crippen molar-refractivity contribution in [3.05, 3.63) is 28.3 Å². The monoisotopic (exact) mass is 179 g/mol. The lowest BCUT2D eigenvalue weighted by Crippen LogP contribution is -2.05. The fourth-order valence-corrected chi connectivity index (χ4v) is 1.15. The van der Waals surface area contributed by atoms with Crippen molar-refractivity contribution in [2.75, 3.05) is 0 Å². The SMILES string of the molecule is O=C(O)c1cncc2[nH][nH]c(=O)c12. The summed E-state index contributed by atoms with van der Waals surface area (Å²) >= 11 is 0. The molecule has 0 saturated carbocycles. The molecule has 0 aliphatic rings. The van der Waals surface area contributed by atoms with Crippen LogP contribution in [0.5, 0.6) is 0 Å². The summed E-state index contributed by atoms with van der Waals surface area (Å²) in [7, 11) is 0. The lowest BCUT2D eigenvalue weighted by atomic mass is 10.2. The zero-order valence-corrected chi connectivity index (χ0v) is 6.37. The molecule has 2 heterocycles. The maximum absolute atomic E-state index is 11.1. The second-order valence-corrected chi connectivity index (χ2v) is 2.49. The molecule has 2 aromatic heterocycles. The molecule has 0 radical (unpaired) electrons. The molecule has 2 aromatic rings. The first-order chi connectivity index (χ1) is 6.20. The Balaban J connectivity index is 2.96. The van der Waals surface area contributed by atoms with Crippen LogP contribution in [0.2, 0.25) is 0 Å². The van der Waals surface area contributed by atoms with E-state index in [1.54, 1.807) is 0 Å². The molecule has 0 spiro atoms. The molecular formula is C7H5N3O3. The van der Waals surface area contributed by atoms with Gasteiger partial charge in [0, 0.05) is 6.20 Å². The number of aromatic carboxylic acids is 1. The molecule has 2 rings (SSSR count). The maximum atomic E-state index is 11.1. The number of fused-ring (bicyclic) bond motifs is 1. The number of pyridine rings is 1. The molecule has 0 unspecified atom stereocenters. The molecule has 6 heteroatoms. The van der Waals surface area contributed by atoms with Crippen LogP contribution in [0.15, 0.2) is 17.2 Å². The third kappa shape index (κ3) is 0.994. The zero-order valence-electron chi connectivity index (χ0n) is 6.37. The maximum Gasteiger partial charge on any atom is 0.338 e. The predicted molar refractivity (Wildman–Crippen MR) is 43.7 cm³/mol. The van der Waals surface area contributed by atoms with E-state index in [0.717, 1.165) is 6.20 Å². The quantitative estimate of drug-likeness (QED) is 0.571. The average molecular weight is 179 g/mol. The lowest BCUT2D eigenvalue weighted by Gasteiger charge is -1.92. The van der Waals surface area contributed by atoms with Crippen LogP contribution in [-0.4, -0.2) is 26.3 Å². The lowest BCUT2D eigenvalue weighted by molar-refractivity contribution is 0.0698. The van der Waals surface area contributed by atoms with Gasteiger partial charge in [0.25, 0.3) is 5.56 Å². The first-order valence-corrected chi connectivity index (χ1v) is 3.48. The molecular weight excluding hydrogens is 174 g/mol. The third-order valence-corrected chi connectivity index (χ3v) is 1.71. The van der Waals surface area contributed by atoms with Crippen LogP contribution < -0.4 is 5.56 Å². The topological polar surface area (TPSA) is 98.8 Å². The van der Waals surface area contributed by atoms with Crippen molar-refractivity contribution in [3.63, 3.8) is 0 Å². The number of aromatic nitrogens is 3. The smallest absolute Gasteiger partial charge is 0.338 e. The van der Waals surface area contributed by atoms with Gasteiger partial charge in [-0.05, 0) is 0 Å². The summed E-state index contributed by atoms with van der Waals surface area (Å²) in [6.45, 7) is 0. The van der Waals surface area contributed by atoms with Gasteiger partial charge >= 0.3 is 5.97 Å². The normalized spacial score (nSPS) is 10.5. The minimum atomic E-state index is -1.16. The van der Waals surface area contributed by atoms with Gasteiger partial charge in [-0.2, -0.15) is 0 Å². The summed E-state index contributed by atoms with van der Waals surface area (Å²) in [6.07, 6.45) is 2.54. The Hall–Kier alpha value is -2.11. The summed E-state index contributed by atoms with van der Waals surface area (Å²) < 4.78 is 0. The van der Waals surface area contributed by atoms with E-state index in [-0.39, 0.29) is 10.9 Å². The van der Waals surface area contributed by atoms with E-state index in [1.807, 2.05) is 0 Å². The number of carbonyl (C=O) groups is 1. The van der Waals surface area contributed by atoms with Gasteiger partial charge in [0.2, 0.25) is 0 Å². The first-order valence-electron chi connectivity index (χ1n) is 3.48. The van der Waals surface area contributed by atoms with Crippen molar-refractivity contribution in [1.29, 1.82) is 0 Å². The van der Waals surface area contributed by atoms with Gasteiger partial charge in [0.1, 0.15) is 0 Å². The van der Waals surface area contributed by atoms with E-state index in [1.165, 1.54) is 6.20 Å². The molecule has 3 N–H and O–H groups in total. The minimum absolute atomic E-state index is 0.0972. The van der Waals surface area contributed by atoms with E-state index in [2.05, 4.69) is 15.2 Å². The molecule has 0 aromatic carbocycles. The Bertz CT molecular complexity index is 525. The molecule has 0 atom stereocenters. The molecule has 6 nitrogen and oxygen atoms in total. The number of H-pyrrole nitrogens is 2. The Morgan fingerprint density at radius 1 is 1.38 bits per heavy atom. The van der Waals surface area contributed by atoms with Gasteiger partial charge < -0.3 is 5.11 Å². The van der Waals surface area contributed by atoms with Crippen LogP contribution in [0.3, 0.4) is 0 Å². The van der Waals surface area contributed by atoms with Crippen molar-refractivity contribution < 1.29 is 9.90 Å². The Labute approximate surface area is 71.2 Å². The number of carboxylic acid groups (broad SMARTS) is 1. The molecule has 0 amide bonds. The van der Waals surface area contributed by atoms with E-state index in [9.17, 15) is 9.59 Å². The Morgan fingerprint density at radius 2 is 2.15 bits per heavy atom. The van der Waals surface area contributed by atoms with E-state index < -0.39 is 11.5 Å². The van der Waals surface area contributed by atoms with Crippen LogP contribution in [0.1, 0.15) is 10.4 Å². The summed E-state index contributed by atoms with van der Waals surface area (Å²) in [5.74, 6) is -1.16. The molecule has 0 bridgehead atoms. The summed E-state index contributed by atoms with van der Waals surface area (Å²) in [5.41, 5.74) is -0.153. The van der Waals surface area contributed by atoms with Gasteiger partial charge in [-0.15, -0.1) is 0 Å². The highest BCUT2D eigenvalue weighted by molar-refractivity contribution is 6.01. The number of nitrogens with zero attached hydrogens (tertiary/aromatic N) is 1. The highest BCUT2D eigenvalue weighted by atomic mass is 16.4. The highest BCUT2D eigenvalue weighted by Gasteiger charge is 2.12. The number of carboxylic acids is 1. The van der Waals surface area contributed by atoms with Crippen LogP contribution >= 0.6 is 0 Å².